The van der Waals surface area contributed by atoms with Gasteiger partial charge in [-0.3, -0.25) is 19.4 Å². The van der Waals surface area contributed by atoms with Gasteiger partial charge in [0.05, 0.1) is 22.6 Å². The molecule has 3 heterocycles. The van der Waals surface area contributed by atoms with Gasteiger partial charge in [0, 0.05) is 50.7 Å². The molecule has 1 aliphatic rings. The number of hydrogen-bond donors (Lipinski definition) is 2. The fourth-order valence-corrected chi connectivity index (χ4v) is 3.73. The second-order valence-electron chi connectivity index (χ2n) is 7.68. The van der Waals surface area contributed by atoms with Gasteiger partial charge in [-0.2, -0.15) is 5.10 Å². The summed E-state index contributed by atoms with van der Waals surface area (Å²) in [5.74, 6) is -0.388. The lowest BCUT2D eigenvalue weighted by atomic mass is 10.0. The third kappa shape index (κ3) is 4.65. The van der Waals surface area contributed by atoms with Crippen LogP contribution >= 0.6 is 0 Å². The number of aromatic nitrogens is 3. The summed E-state index contributed by atoms with van der Waals surface area (Å²) in [6.07, 6.45) is 4.81. The number of pyridine rings is 1. The first-order chi connectivity index (χ1) is 14.5. The van der Waals surface area contributed by atoms with E-state index in [2.05, 4.69) is 20.3 Å². The number of halogens is 1. The van der Waals surface area contributed by atoms with Crippen molar-refractivity contribution in [2.24, 2.45) is 7.05 Å². The van der Waals surface area contributed by atoms with E-state index in [1.54, 1.807) is 18.2 Å². The Morgan fingerprint density at radius 3 is 2.63 bits per heavy atom. The van der Waals surface area contributed by atoms with Crippen molar-refractivity contribution >= 4 is 11.6 Å². The lowest BCUT2D eigenvalue weighted by Crippen LogP contribution is -2.44. The van der Waals surface area contributed by atoms with Crippen molar-refractivity contribution in [1.82, 2.24) is 25.0 Å². The average Bonchev–Trinajstić information content (AvgIpc) is 3.10. The average molecular weight is 408 g/mol. The van der Waals surface area contributed by atoms with Gasteiger partial charge >= 0.3 is 0 Å². The number of nitrogens with zero attached hydrogens (tertiary/aromatic N) is 4. The Morgan fingerprint density at radius 1 is 1.20 bits per heavy atom. The molecule has 7 nitrogen and oxygen atoms in total. The smallest absolute Gasteiger partial charge is 0.253 e. The van der Waals surface area contributed by atoms with Crippen molar-refractivity contribution in [2.75, 3.05) is 18.8 Å². The van der Waals surface area contributed by atoms with Gasteiger partial charge in [-0.05, 0) is 49.2 Å². The summed E-state index contributed by atoms with van der Waals surface area (Å²) in [5, 5.41) is 7.64. The van der Waals surface area contributed by atoms with Crippen LogP contribution in [0.3, 0.4) is 0 Å². The highest BCUT2D eigenvalue weighted by molar-refractivity contribution is 5.94. The number of amides is 1. The van der Waals surface area contributed by atoms with Crippen molar-refractivity contribution < 1.29 is 9.18 Å². The van der Waals surface area contributed by atoms with Crippen molar-refractivity contribution in [2.45, 2.75) is 25.4 Å². The van der Waals surface area contributed by atoms with E-state index in [1.807, 2.05) is 17.8 Å². The van der Waals surface area contributed by atoms with Crippen LogP contribution in [-0.2, 0) is 13.6 Å². The molecule has 8 heteroatoms. The standard InChI is InChI=1S/C22H25FN6O/c1-28-20(11-21(27-28)15-2-4-17(23)5-3-15)14-29-8-6-19(7-9-29)26-22(30)16-10-18(24)13-25-12-16/h2-5,10-13,19H,6-9,14,24H2,1H3,(H,26,30). The topological polar surface area (TPSA) is 89.1 Å². The maximum Gasteiger partial charge on any atom is 0.253 e. The molecule has 3 N–H and O–H groups in total. The molecule has 3 aromatic rings. The molecule has 0 unspecified atom stereocenters. The van der Waals surface area contributed by atoms with Crippen LogP contribution in [0.1, 0.15) is 28.9 Å². The minimum atomic E-state index is -0.253. The predicted molar refractivity (Wildman–Crippen MR) is 113 cm³/mol. The maximum absolute atomic E-state index is 13.2. The van der Waals surface area contributed by atoms with Crippen molar-refractivity contribution in [1.29, 1.82) is 0 Å². The van der Waals surface area contributed by atoms with Gasteiger partial charge in [0.25, 0.3) is 5.91 Å². The molecule has 0 radical (unpaired) electrons. The summed E-state index contributed by atoms with van der Waals surface area (Å²) < 4.78 is 15.0. The highest BCUT2D eigenvalue weighted by atomic mass is 19.1. The third-order valence-corrected chi connectivity index (χ3v) is 5.45. The lowest BCUT2D eigenvalue weighted by molar-refractivity contribution is 0.0908. The molecule has 1 aliphatic heterocycles. The molecule has 1 saturated heterocycles. The Bertz CT molecular complexity index is 1020. The third-order valence-electron chi connectivity index (χ3n) is 5.45. The van der Waals surface area contributed by atoms with E-state index >= 15 is 0 Å². The molecular formula is C22H25FN6O. The Kier molecular flexibility index (Phi) is 5.76. The number of nitrogens with one attached hydrogen (secondary N) is 1. The fraction of sp³-hybridized carbons (Fsp3) is 0.318. The molecule has 0 aliphatic carbocycles. The van der Waals surface area contributed by atoms with E-state index in [1.165, 1.54) is 24.5 Å². The minimum absolute atomic E-state index is 0.135. The number of piperidine rings is 1. The molecule has 2 aromatic heterocycles. The maximum atomic E-state index is 13.2. The van der Waals surface area contributed by atoms with Crippen LogP contribution in [-0.4, -0.2) is 44.7 Å². The van der Waals surface area contributed by atoms with Crippen LogP contribution in [0.4, 0.5) is 10.1 Å². The largest absolute Gasteiger partial charge is 0.397 e. The number of carbonyl (C=O) groups is 1. The molecule has 4 rings (SSSR count). The van der Waals surface area contributed by atoms with E-state index in [4.69, 9.17) is 5.73 Å². The first-order valence-corrected chi connectivity index (χ1v) is 10.0. The van der Waals surface area contributed by atoms with E-state index in [0.717, 1.165) is 49.4 Å². The van der Waals surface area contributed by atoms with Gasteiger partial charge in [0.1, 0.15) is 5.82 Å². The summed E-state index contributed by atoms with van der Waals surface area (Å²) in [5.41, 5.74) is 9.51. The normalized spacial score (nSPS) is 15.3. The van der Waals surface area contributed by atoms with Crippen molar-refractivity contribution in [3.63, 3.8) is 0 Å². The van der Waals surface area contributed by atoms with Crippen molar-refractivity contribution in [3.8, 4) is 11.3 Å². The summed E-state index contributed by atoms with van der Waals surface area (Å²) in [6.45, 7) is 2.55. The van der Waals surface area contributed by atoms with Crippen LogP contribution < -0.4 is 11.1 Å². The minimum Gasteiger partial charge on any atom is -0.397 e. The number of anilines is 1. The van der Waals surface area contributed by atoms with Crippen LogP contribution in [0.5, 0.6) is 0 Å². The Morgan fingerprint density at radius 2 is 1.93 bits per heavy atom. The molecular weight excluding hydrogens is 383 g/mol. The van der Waals surface area contributed by atoms with E-state index in [0.29, 0.717) is 11.3 Å². The van der Waals surface area contributed by atoms with Gasteiger partial charge in [-0.15, -0.1) is 0 Å². The summed E-state index contributed by atoms with van der Waals surface area (Å²) >= 11 is 0. The summed E-state index contributed by atoms with van der Waals surface area (Å²) in [7, 11) is 1.93. The number of rotatable bonds is 5. The second-order valence-corrected chi connectivity index (χ2v) is 7.68. The van der Waals surface area contributed by atoms with Crippen LogP contribution in [0, 0.1) is 5.82 Å². The highest BCUT2D eigenvalue weighted by Crippen LogP contribution is 2.21. The first kappa shape index (κ1) is 20.0. The molecule has 1 fully saturated rings. The lowest BCUT2D eigenvalue weighted by Gasteiger charge is -2.32. The highest BCUT2D eigenvalue weighted by Gasteiger charge is 2.22. The number of nitrogen functional groups attached to an aromatic ring is 1. The number of aryl methyl sites for hydroxylation is 1. The molecule has 156 valence electrons. The summed E-state index contributed by atoms with van der Waals surface area (Å²) in [4.78, 5) is 18.7. The fourth-order valence-electron chi connectivity index (χ4n) is 3.73. The Labute approximate surface area is 174 Å². The van der Waals surface area contributed by atoms with E-state index in [9.17, 15) is 9.18 Å². The zero-order chi connectivity index (χ0) is 21.1. The molecule has 0 saturated carbocycles. The molecule has 1 amide bonds. The number of benzene rings is 1. The summed E-state index contributed by atoms with van der Waals surface area (Å²) in [6, 6.07) is 10.2. The molecule has 0 bridgehead atoms. The zero-order valence-corrected chi connectivity index (χ0v) is 16.9. The monoisotopic (exact) mass is 408 g/mol. The zero-order valence-electron chi connectivity index (χ0n) is 16.9. The SMILES string of the molecule is Cn1nc(-c2ccc(F)cc2)cc1CN1CCC(NC(=O)c2cncc(N)c2)CC1. The predicted octanol–water partition coefficient (Wildman–Crippen LogP) is 2.60. The van der Waals surface area contributed by atoms with Crippen LogP contribution in [0.2, 0.25) is 0 Å². The first-order valence-electron chi connectivity index (χ1n) is 10.0. The molecule has 0 spiro atoms. The number of carbonyl (C=O) groups excluding carboxylic acids is 1. The molecule has 1 aromatic carbocycles. The number of likely N-dealkylation sites (tertiary alicyclic amines) is 1. The van der Waals surface area contributed by atoms with Crippen LogP contribution in [0.25, 0.3) is 11.3 Å². The molecule has 0 atom stereocenters. The number of hydrogen-bond acceptors (Lipinski definition) is 5. The Balaban J connectivity index is 1.32. The van der Waals surface area contributed by atoms with E-state index < -0.39 is 0 Å². The quantitative estimate of drug-likeness (QED) is 0.677. The molecule has 30 heavy (non-hydrogen) atoms. The van der Waals surface area contributed by atoms with Gasteiger partial charge in [0.2, 0.25) is 0 Å². The van der Waals surface area contributed by atoms with Gasteiger partial charge < -0.3 is 11.1 Å². The van der Waals surface area contributed by atoms with Gasteiger partial charge in [-0.25, -0.2) is 4.39 Å². The van der Waals surface area contributed by atoms with Crippen LogP contribution in [0.15, 0.2) is 48.8 Å². The second kappa shape index (κ2) is 8.62. The Hall–Kier alpha value is -3.26. The van der Waals surface area contributed by atoms with Gasteiger partial charge in [-0.1, -0.05) is 0 Å². The number of nitrogens with two attached hydrogens (primary N) is 1. The van der Waals surface area contributed by atoms with Gasteiger partial charge in [0.15, 0.2) is 0 Å². The van der Waals surface area contributed by atoms with Crippen molar-refractivity contribution in [3.05, 3.63) is 65.9 Å². The van der Waals surface area contributed by atoms with E-state index in [-0.39, 0.29) is 17.8 Å².